The van der Waals surface area contributed by atoms with Crippen LogP contribution in [-0.2, 0) is 14.3 Å². The van der Waals surface area contributed by atoms with Gasteiger partial charge in [-0.2, -0.15) is 0 Å². The third kappa shape index (κ3) is 3.54. The lowest BCUT2D eigenvalue weighted by atomic mass is 9.90. The quantitative estimate of drug-likeness (QED) is 0.571. The Balaban J connectivity index is 2.62. The van der Waals surface area contributed by atoms with Gasteiger partial charge in [-0.25, -0.2) is 4.79 Å². The van der Waals surface area contributed by atoms with E-state index in [4.69, 9.17) is 15.6 Å². The minimum absolute atomic E-state index is 0.174. The van der Waals surface area contributed by atoms with Gasteiger partial charge in [0.2, 0.25) is 5.91 Å². The van der Waals surface area contributed by atoms with Gasteiger partial charge in [0.1, 0.15) is 6.04 Å². The maximum atomic E-state index is 11.9. The average Bonchev–Trinajstić information content (AvgIpc) is 2.29. The molecule has 1 aliphatic heterocycles. The number of rotatable bonds is 5. The summed E-state index contributed by atoms with van der Waals surface area (Å²) in [7, 11) is 0. The molecule has 0 spiro atoms. The van der Waals surface area contributed by atoms with E-state index in [1.54, 1.807) is 0 Å². The van der Waals surface area contributed by atoms with Crippen molar-refractivity contribution in [2.75, 3.05) is 13.2 Å². The number of carbonyl (C=O) groups is 2. The van der Waals surface area contributed by atoms with Crippen LogP contribution in [0.4, 0.5) is 0 Å². The van der Waals surface area contributed by atoms with Gasteiger partial charge in [0.25, 0.3) is 0 Å². The van der Waals surface area contributed by atoms with Crippen molar-refractivity contribution in [1.29, 1.82) is 0 Å². The maximum Gasteiger partial charge on any atom is 0.326 e. The highest BCUT2D eigenvalue weighted by molar-refractivity contribution is 5.90. The number of aliphatic carboxylic acids is 1. The Morgan fingerprint density at radius 2 is 2.12 bits per heavy atom. The Labute approximate surface area is 99.8 Å². The van der Waals surface area contributed by atoms with Gasteiger partial charge in [-0.05, 0) is 19.3 Å². The van der Waals surface area contributed by atoms with Crippen molar-refractivity contribution in [3.8, 4) is 0 Å². The second-order valence-corrected chi connectivity index (χ2v) is 4.16. The van der Waals surface area contributed by atoms with Crippen LogP contribution in [0.15, 0.2) is 12.7 Å². The minimum Gasteiger partial charge on any atom is -0.480 e. The van der Waals surface area contributed by atoms with Crippen LogP contribution >= 0.6 is 0 Å². The Hall–Kier alpha value is -1.40. The number of nitrogens with two attached hydrogens (primary N) is 1. The van der Waals surface area contributed by atoms with E-state index in [-0.39, 0.29) is 6.42 Å². The summed E-state index contributed by atoms with van der Waals surface area (Å²) in [6, 6.07) is -0.969. The molecule has 1 saturated heterocycles. The molecular formula is C11H18N2O4. The summed E-state index contributed by atoms with van der Waals surface area (Å²) in [5.74, 6) is -1.52. The van der Waals surface area contributed by atoms with Crippen LogP contribution in [0.5, 0.6) is 0 Å². The fraction of sp³-hybridized carbons (Fsp3) is 0.636. The molecule has 0 aromatic carbocycles. The lowest BCUT2D eigenvalue weighted by Crippen LogP contribution is -2.59. The Bertz CT molecular complexity index is 311. The molecule has 1 heterocycles. The second kappa shape index (κ2) is 5.79. The number of carbonyl (C=O) groups excluding carboxylic acids is 1. The molecule has 0 aromatic rings. The molecule has 96 valence electrons. The highest BCUT2D eigenvalue weighted by Gasteiger charge is 2.37. The number of carboxylic acids is 1. The minimum atomic E-state index is -1.09. The zero-order valence-electron chi connectivity index (χ0n) is 9.65. The molecule has 0 saturated carbocycles. The fourth-order valence-electron chi connectivity index (χ4n) is 1.65. The van der Waals surface area contributed by atoms with Gasteiger partial charge in [-0.1, -0.05) is 6.08 Å². The normalized spacial score (nSPS) is 20.3. The van der Waals surface area contributed by atoms with E-state index in [1.807, 2.05) is 0 Å². The molecule has 4 N–H and O–H groups in total. The van der Waals surface area contributed by atoms with Crippen molar-refractivity contribution in [1.82, 2.24) is 5.32 Å². The highest BCUT2D eigenvalue weighted by atomic mass is 16.5. The average molecular weight is 242 g/mol. The first kappa shape index (κ1) is 13.7. The van der Waals surface area contributed by atoms with Gasteiger partial charge in [0.05, 0.1) is 5.54 Å². The predicted octanol–water partition coefficient (Wildman–Crippen LogP) is -0.360. The smallest absolute Gasteiger partial charge is 0.326 e. The van der Waals surface area contributed by atoms with E-state index in [1.165, 1.54) is 6.08 Å². The summed E-state index contributed by atoms with van der Waals surface area (Å²) in [6.45, 7) is 4.29. The monoisotopic (exact) mass is 242 g/mol. The molecule has 1 atom stereocenters. The van der Waals surface area contributed by atoms with Gasteiger partial charge in [0.15, 0.2) is 0 Å². The SMILES string of the molecule is C=CC[C@H](NC(=O)C1(N)CCOCC1)C(=O)O. The summed E-state index contributed by atoms with van der Waals surface area (Å²) >= 11 is 0. The predicted molar refractivity (Wildman–Crippen MR) is 61.4 cm³/mol. The van der Waals surface area contributed by atoms with E-state index >= 15 is 0 Å². The van der Waals surface area contributed by atoms with Crippen LogP contribution in [0, 0.1) is 0 Å². The Morgan fingerprint density at radius 1 is 1.53 bits per heavy atom. The van der Waals surface area contributed by atoms with Gasteiger partial charge < -0.3 is 20.9 Å². The van der Waals surface area contributed by atoms with Crippen LogP contribution in [0.1, 0.15) is 19.3 Å². The third-order valence-electron chi connectivity index (χ3n) is 2.84. The number of hydrogen-bond acceptors (Lipinski definition) is 4. The van der Waals surface area contributed by atoms with Crippen LogP contribution in [0.25, 0.3) is 0 Å². The van der Waals surface area contributed by atoms with Gasteiger partial charge >= 0.3 is 5.97 Å². The van der Waals surface area contributed by atoms with E-state index in [0.29, 0.717) is 26.1 Å². The molecule has 17 heavy (non-hydrogen) atoms. The molecule has 1 rings (SSSR count). The van der Waals surface area contributed by atoms with Crippen LogP contribution < -0.4 is 11.1 Å². The summed E-state index contributed by atoms with van der Waals surface area (Å²) in [6.07, 6.45) is 2.43. The molecule has 0 aromatic heterocycles. The zero-order valence-corrected chi connectivity index (χ0v) is 9.65. The van der Waals surface area contributed by atoms with E-state index in [2.05, 4.69) is 11.9 Å². The van der Waals surface area contributed by atoms with Crippen molar-refractivity contribution in [2.45, 2.75) is 30.8 Å². The van der Waals surface area contributed by atoms with E-state index in [0.717, 1.165) is 0 Å². The molecule has 1 aliphatic rings. The number of ether oxygens (including phenoxy) is 1. The van der Waals surface area contributed by atoms with E-state index < -0.39 is 23.5 Å². The van der Waals surface area contributed by atoms with E-state index in [9.17, 15) is 9.59 Å². The van der Waals surface area contributed by atoms with Crippen molar-refractivity contribution in [3.05, 3.63) is 12.7 Å². The topological polar surface area (TPSA) is 102 Å². The molecular weight excluding hydrogens is 224 g/mol. The van der Waals surface area contributed by atoms with Gasteiger partial charge in [-0.15, -0.1) is 6.58 Å². The highest BCUT2D eigenvalue weighted by Crippen LogP contribution is 2.18. The molecule has 6 heteroatoms. The number of nitrogens with one attached hydrogen (secondary N) is 1. The summed E-state index contributed by atoms with van der Waals surface area (Å²) < 4.78 is 5.12. The Morgan fingerprint density at radius 3 is 2.59 bits per heavy atom. The van der Waals surface area contributed by atoms with Crippen molar-refractivity contribution in [2.24, 2.45) is 5.73 Å². The van der Waals surface area contributed by atoms with Crippen LogP contribution in [0.3, 0.4) is 0 Å². The standard InChI is InChI=1S/C11H18N2O4/c1-2-3-8(9(14)15)13-10(16)11(12)4-6-17-7-5-11/h2,8H,1,3-7,12H2,(H,13,16)(H,14,15)/t8-/m0/s1. The first-order valence-corrected chi connectivity index (χ1v) is 5.51. The largest absolute Gasteiger partial charge is 0.480 e. The molecule has 0 aliphatic carbocycles. The number of amides is 1. The van der Waals surface area contributed by atoms with Crippen molar-refractivity contribution < 1.29 is 19.4 Å². The van der Waals surface area contributed by atoms with Gasteiger partial charge in [-0.3, -0.25) is 4.79 Å². The fourth-order valence-corrected chi connectivity index (χ4v) is 1.65. The second-order valence-electron chi connectivity index (χ2n) is 4.16. The lowest BCUT2D eigenvalue weighted by Gasteiger charge is -2.32. The summed E-state index contributed by atoms with van der Waals surface area (Å²) in [4.78, 5) is 22.8. The third-order valence-corrected chi connectivity index (χ3v) is 2.84. The molecule has 1 fully saturated rings. The zero-order chi connectivity index (χ0) is 12.9. The maximum absolute atomic E-state index is 11.9. The lowest BCUT2D eigenvalue weighted by molar-refractivity contribution is -0.143. The Kier molecular flexibility index (Phi) is 4.65. The van der Waals surface area contributed by atoms with Crippen LogP contribution in [0.2, 0.25) is 0 Å². The molecule has 6 nitrogen and oxygen atoms in total. The summed E-state index contributed by atoms with van der Waals surface area (Å²) in [5, 5.41) is 11.3. The molecule has 0 unspecified atom stereocenters. The first-order valence-electron chi connectivity index (χ1n) is 5.51. The number of carboxylic acid groups (broad SMARTS) is 1. The summed E-state index contributed by atoms with van der Waals surface area (Å²) in [5.41, 5.74) is 4.92. The van der Waals surface area contributed by atoms with Crippen molar-refractivity contribution >= 4 is 11.9 Å². The molecule has 0 bridgehead atoms. The molecule has 1 amide bonds. The van der Waals surface area contributed by atoms with Crippen molar-refractivity contribution in [3.63, 3.8) is 0 Å². The number of hydrogen-bond donors (Lipinski definition) is 3. The first-order chi connectivity index (χ1) is 7.99. The molecule has 0 radical (unpaired) electrons. The van der Waals surface area contributed by atoms with Crippen LogP contribution in [-0.4, -0.2) is 41.8 Å². The van der Waals surface area contributed by atoms with Gasteiger partial charge in [0, 0.05) is 13.2 Å².